The molecule has 36 heavy (non-hydrogen) atoms. The zero-order valence-electron chi connectivity index (χ0n) is 22.8. The minimum absolute atomic E-state index is 0. The standard InChI is InChI=1S/C21H25.C9H7.C2H6Si.2ClH.Zr/c1-20(2,3)16-7-9-18-14(12-16)11-15-13-17(21(4,5)6)8-10-19(15)18;1-2-5-9-7-3-6-8(9)4-1;1-3-2;;;/h7-13H,1-6H3;1-7H;1-2H3;2*1H;/q2*-1;;;;+4/p-2. The van der Waals surface area contributed by atoms with Crippen LogP contribution in [0.15, 0.2) is 84.9 Å². The first-order valence-electron chi connectivity index (χ1n) is 11.9. The van der Waals surface area contributed by atoms with Crippen LogP contribution in [0.5, 0.6) is 0 Å². The first-order chi connectivity index (χ1) is 15.5. The number of fused-ring (bicyclic) bond motifs is 4. The van der Waals surface area contributed by atoms with Gasteiger partial charge in [-0.3, -0.25) is 0 Å². The van der Waals surface area contributed by atoms with Gasteiger partial charge in [-0.25, -0.2) is 0 Å². The van der Waals surface area contributed by atoms with Crippen LogP contribution in [-0.2, 0) is 37.0 Å². The maximum Gasteiger partial charge on any atom is 4.00 e. The summed E-state index contributed by atoms with van der Waals surface area (Å²) >= 11 is 0. The molecule has 0 N–H and O–H groups in total. The quantitative estimate of drug-likeness (QED) is 0.185. The molecule has 0 unspecified atom stereocenters. The van der Waals surface area contributed by atoms with E-state index in [2.05, 4.69) is 140 Å². The summed E-state index contributed by atoms with van der Waals surface area (Å²) in [4.78, 5) is 0. The average Bonchev–Trinajstić information content (AvgIpc) is 3.37. The van der Waals surface area contributed by atoms with Crippen molar-refractivity contribution in [3.8, 4) is 0 Å². The van der Waals surface area contributed by atoms with Gasteiger partial charge in [-0.1, -0.05) is 96.1 Å². The molecule has 0 heterocycles. The molecule has 5 rings (SSSR count). The fourth-order valence-electron chi connectivity index (χ4n) is 4.03. The van der Waals surface area contributed by atoms with E-state index in [1.54, 1.807) is 0 Å². The summed E-state index contributed by atoms with van der Waals surface area (Å²) in [6, 6.07) is 30.8. The Morgan fingerprint density at radius 2 is 1.06 bits per heavy atom. The summed E-state index contributed by atoms with van der Waals surface area (Å²) in [5.41, 5.74) is 3.21. The fourth-order valence-corrected chi connectivity index (χ4v) is 4.03. The SMILES string of the molecule is CC(C)(C)c1ccc2c(c1)[cH-]c1cc(C(C)(C)C)ccc12.C[Si]C.[Cl-].[Cl-].[Zr+4].c1ccc2[cH-]ccc2c1. The van der Waals surface area contributed by atoms with E-state index < -0.39 is 0 Å². The van der Waals surface area contributed by atoms with Crippen LogP contribution in [0.25, 0.3) is 32.3 Å². The number of hydrogen-bond donors (Lipinski definition) is 0. The topological polar surface area (TPSA) is 0 Å². The van der Waals surface area contributed by atoms with Gasteiger partial charge in [0.1, 0.15) is 0 Å². The predicted octanol–water partition coefficient (Wildman–Crippen LogP) is 3.66. The van der Waals surface area contributed by atoms with E-state index in [1.807, 2.05) is 0 Å². The first-order valence-corrected chi connectivity index (χ1v) is 13.9. The van der Waals surface area contributed by atoms with Gasteiger partial charge in [-0.05, 0) is 10.8 Å². The van der Waals surface area contributed by atoms with Crippen LogP contribution < -0.4 is 24.8 Å². The Morgan fingerprint density at radius 1 is 0.611 bits per heavy atom. The molecule has 0 bridgehead atoms. The number of rotatable bonds is 0. The van der Waals surface area contributed by atoms with Crippen molar-refractivity contribution in [1.29, 1.82) is 0 Å². The summed E-state index contributed by atoms with van der Waals surface area (Å²) < 4.78 is 0. The minimum atomic E-state index is 0. The van der Waals surface area contributed by atoms with Crippen LogP contribution in [0.4, 0.5) is 0 Å². The third kappa shape index (κ3) is 8.70. The molecule has 0 aliphatic rings. The molecular weight excluding hydrogens is 575 g/mol. The molecule has 0 fully saturated rings. The summed E-state index contributed by atoms with van der Waals surface area (Å²) in [6.07, 6.45) is 0. The molecule has 0 amide bonds. The van der Waals surface area contributed by atoms with Crippen molar-refractivity contribution < 1.29 is 51.0 Å². The Hall–Kier alpha value is -1.18. The molecule has 0 saturated carbocycles. The fraction of sp³-hybridized carbons (Fsp3) is 0.312. The molecule has 188 valence electrons. The molecule has 0 atom stereocenters. The average molecular weight is 613 g/mol. The number of hydrogen-bond acceptors (Lipinski definition) is 0. The van der Waals surface area contributed by atoms with Crippen molar-refractivity contribution in [1.82, 2.24) is 0 Å². The summed E-state index contributed by atoms with van der Waals surface area (Å²) in [5.74, 6) is 0. The molecule has 0 nitrogen and oxygen atoms in total. The molecule has 4 heteroatoms. The zero-order valence-corrected chi connectivity index (χ0v) is 27.8. The van der Waals surface area contributed by atoms with Gasteiger partial charge in [0.15, 0.2) is 0 Å². The predicted molar refractivity (Wildman–Crippen MR) is 151 cm³/mol. The molecule has 0 saturated heterocycles. The Bertz CT molecular complexity index is 1240. The molecule has 0 aromatic heterocycles. The van der Waals surface area contributed by atoms with Gasteiger partial charge in [-0.15, -0.1) is 69.4 Å². The van der Waals surface area contributed by atoms with Gasteiger partial charge in [0.2, 0.25) is 0 Å². The second kappa shape index (κ2) is 14.7. The maximum absolute atomic E-state index is 2.35. The van der Waals surface area contributed by atoms with Gasteiger partial charge in [-0.2, -0.15) is 17.5 Å². The molecular formula is C32H38Cl2SiZr. The summed E-state index contributed by atoms with van der Waals surface area (Å²) in [5, 5.41) is 8.14. The van der Waals surface area contributed by atoms with E-state index in [4.69, 9.17) is 0 Å². The Labute approximate surface area is 252 Å². The van der Waals surface area contributed by atoms with Crippen molar-refractivity contribution in [3.05, 3.63) is 96.1 Å². The second-order valence-electron chi connectivity index (χ2n) is 10.9. The Kier molecular flexibility index (Phi) is 14.2. The smallest absolute Gasteiger partial charge is 1.00 e. The van der Waals surface area contributed by atoms with E-state index in [9.17, 15) is 0 Å². The van der Waals surface area contributed by atoms with E-state index in [-0.39, 0.29) is 61.8 Å². The molecule has 2 radical (unpaired) electrons. The minimum Gasteiger partial charge on any atom is -1.00 e. The van der Waals surface area contributed by atoms with E-state index in [0.29, 0.717) is 0 Å². The van der Waals surface area contributed by atoms with E-state index in [1.165, 1.54) is 43.4 Å². The zero-order chi connectivity index (χ0) is 24.2. The van der Waals surface area contributed by atoms with Gasteiger partial charge >= 0.3 is 26.2 Å². The number of halogens is 2. The third-order valence-electron chi connectivity index (χ3n) is 5.98. The van der Waals surface area contributed by atoms with Crippen molar-refractivity contribution in [2.24, 2.45) is 0 Å². The maximum atomic E-state index is 2.35. The second-order valence-corrected chi connectivity index (χ2v) is 11.9. The normalized spacial score (nSPS) is 10.8. The third-order valence-corrected chi connectivity index (χ3v) is 5.98. The molecule has 0 spiro atoms. The van der Waals surface area contributed by atoms with Crippen molar-refractivity contribution >= 4 is 41.8 Å². The van der Waals surface area contributed by atoms with Crippen LogP contribution in [0.3, 0.4) is 0 Å². The largest absolute Gasteiger partial charge is 4.00 e. The van der Waals surface area contributed by atoms with Crippen molar-refractivity contribution in [2.75, 3.05) is 0 Å². The molecule has 0 aliphatic carbocycles. The molecule has 5 aromatic rings. The molecule has 0 aliphatic heterocycles. The summed E-state index contributed by atoms with van der Waals surface area (Å²) in [7, 11) is 1.08. The van der Waals surface area contributed by atoms with Crippen molar-refractivity contribution in [3.63, 3.8) is 0 Å². The number of benzene rings is 3. The van der Waals surface area contributed by atoms with Crippen LogP contribution in [0.2, 0.25) is 13.1 Å². The van der Waals surface area contributed by atoms with Crippen LogP contribution >= 0.6 is 0 Å². The van der Waals surface area contributed by atoms with Crippen LogP contribution in [0.1, 0.15) is 52.7 Å². The van der Waals surface area contributed by atoms with Gasteiger partial charge in [0.05, 0.1) is 0 Å². The first kappa shape index (κ1) is 34.8. The Morgan fingerprint density at radius 3 is 1.47 bits per heavy atom. The monoisotopic (exact) mass is 610 g/mol. The van der Waals surface area contributed by atoms with Gasteiger partial charge in [0.25, 0.3) is 0 Å². The van der Waals surface area contributed by atoms with Gasteiger partial charge in [0, 0.05) is 9.52 Å². The van der Waals surface area contributed by atoms with Crippen LogP contribution in [-0.4, -0.2) is 9.52 Å². The Balaban J connectivity index is 0.000000688. The molecule has 5 aromatic carbocycles. The summed E-state index contributed by atoms with van der Waals surface area (Å²) in [6.45, 7) is 17.9. The van der Waals surface area contributed by atoms with E-state index >= 15 is 0 Å². The van der Waals surface area contributed by atoms with Gasteiger partial charge < -0.3 is 24.8 Å². The van der Waals surface area contributed by atoms with Crippen LogP contribution in [0, 0.1) is 0 Å². The van der Waals surface area contributed by atoms with Crippen molar-refractivity contribution in [2.45, 2.75) is 65.5 Å². The van der Waals surface area contributed by atoms with E-state index in [0.717, 1.165) is 9.52 Å².